The average Bonchev–Trinajstić information content (AvgIpc) is 3.05. The first kappa shape index (κ1) is 11.5. The van der Waals surface area contributed by atoms with Gasteiger partial charge in [-0.2, -0.15) is 0 Å². The minimum absolute atomic E-state index is 0.112. The highest BCUT2D eigenvalue weighted by Crippen LogP contribution is 2.54. The summed E-state index contributed by atoms with van der Waals surface area (Å²) in [6, 6.07) is 8.28. The quantitative estimate of drug-likeness (QED) is 0.824. The number of rotatable bonds is 5. The first-order chi connectivity index (χ1) is 7.67. The summed E-state index contributed by atoms with van der Waals surface area (Å²) < 4.78 is 5.75. The van der Waals surface area contributed by atoms with Crippen molar-refractivity contribution in [3.63, 3.8) is 0 Å². The van der Waals surface area contributed by atoms with Gasteiger partial charge in [-0.05, 0) is 30.7 Å². The zero-order valence-electron chi connectivity index (χ0n) is 10.2. The van der Waals surface area contributed by atoms with E-state index in [1.807, 2.05) is 18.2 Å². The molecule has 0 aromatic heterocycles. The number of nitrogens with two attached hydrogens (primary N) is 1. The molecular formula is C14H21NO. The minimum Gasteiger partial charge on any atom is -0.493 e. The fraction of sp³-hybridized carbons (Fsp3) is 0.571. The zero-order valence-corrected chi connectivity index (χ0v) is 10.2. The van der Waals surface area contributed by atoms with E-state index in [2.05, 4.69) is 19.9 Å². The molecule has 0 saturated heterocycles. The summed E-state index contributed by atoms with van der Waals surface area (Å²) in [6.45, 7) is 5.14. The van der Waals surface area contributed by atoms with E-state index in [0.29, 0.717) is 5.41 Å². The van der Waals surface area contributed by atoms with Gasteiger partial charge in [-0.3, -0.25) is 0 Å². The van der Waals surface area contributed by atoms with Crippen LogP contribution in [0.5, 0.6) is 5.75 Å². The van der Waals surface area contributed by atoms with Crippen molar-refractivity contribution in [2.75, 3.05) is 6.61 Å². The van der Waals surface area contributed by atoms with E-state index in [-0.39, 0.29) is 6.04 Å². The van der Waals surface area contributed by atoms with Crippen LogP contribution in [0.3, 0.4) is 0 Å². The van der Waals surface area contributed by atoms with Crippen molar-refractivity contribution in [2.24, 2.45) is 11.1 Å². The molecule has 1 saturated carbocycles. The number of benzene rings is 1. The van der Waals surface area contributed by atoms with Crippen LogP contribution < -0.4 is 10.5 Å². The molecule has 2 heteroatoms. The molecule has 1 aliphatic rings. The van der Waals surface area contributed by atoms with Crippen molar-refractivity contribution in [3.05, 3.63) is 29.8 Å². The molecule has 2 N–H and O–H groups in total. The lowest BCUT2D eigenvalue weighted by Crippen LogP contribution is -2.21. The highest BCUT2D eigenvalue weighted by atomic mass is 16.5. The first-order valence-corrected chi connectivity index (χ1v) is 6.15. The first-order valence-electron chi connectivity index (χ1n) is 6.15. The summed E-state index contributed by atoms with van der Waals surface area (Å²) >= 11 is 0. The Kier molecular flexibility index (Phi) is 3.20. The number of hydrogen-bond donors (Lipinski definition) is 1. The number of hydrogen-bond acceptors (Lipinski definition) is 2. The van der Waals surface area contributed by atoms with Crippen molar-refractivity contribution in [2.45, 2.75) is 39.2 Å². The third-order valence-corrected chi connectivity index (χ3v) is 3.51. The van der Waals surface area contributed by atoms with Gasteiger partial charge in [0.15, 0.2) is 0 Å². The molecule has 1 aliphatic carbocycles. The number of para-hydroxylation sites is 1. The molecule has 1 fully saturated rings. The summed E-state index contributed by atoms with van der Waals surface area (Å²) in [5.74, 6) is 0.963. The summed E-state index contributed by atoms with van der Waals surface area (Å²) in [4.78, 5) is 0. The molecule has 1 unspecified atom stereocenters. The topological polar surface area (TPSA) is 35.2 Å². The second kappa shape index (κ2) is 4.46. The standard InChI is InChI=1S/C14H21NO/c1-3-10-16-12-7-5-4-6-11(12)13(15)14(2)8-9-14/h4-7,13H,3,8-10,15H2,1-2H3. The Morgan fingerprint density at radius 3 is 2.69 bits per heavy atom. The van der Waals surface area contributed by atoms with Crippen LogP contribution in [-0.2, 0) is 0 Å². The molecule has 2 rings (SSSR count). The second-order valence-corrected chi connectivity index (χ2v) is 5.02. The maximum absolute atomic E-state index is 6.33. The third-order valence-electron chi connectivity index (χ3n) is 3.51. The van der Waals surface area contributed by atoms with Crippen LogP contribution in [0.1, 0.15) is 44.7 Å². The van der Waals surface area contributed by atoms with E-state index in [9.17, 15) is 0 Å². The van der Waals surface area contributed by atoms with E-state index in [1.165, 1.54) is 12.8 Å². The van der Waals surface area contributed by atoms with E-state index >= 15 is 0 Å². The second-order valence-electron chi connectivity index (χ2n) is 5.02. The highest BCUT2D eigenvalue weighted by Gasteiger charge is 2.44. The Labute approximate surface area is 97.8 Å². The van der Waals surface area contributed by atoms with Crippen molar-refractivity contribution in [1.29, 1.82) is 0 Å². The number of ether oxygens (including phenoxy) is 1. The largest absolute Gasteiger partial charge is 0.493 e. The van der Waals surface area contributed by atoms with Gasteiger partial charge in [-0.15, -0.1) is 0 Å². The lowest BCUT2D eigenvalue weighted by molar-refractivity contribution is 0.306. The molecule has 1 atom stereocenters. The maximum atomic E-state index is 6.33. The Morgan fingerprint density at radius 2 is 2.06 bits per heavy atom. The van der Waals surface area contributed by atoms with Crippen molar-refractivity contribution in [3.8, 4) is 5.75 Å². The molecule has 1 aromatic rings. The third kappa shape index (κ3) is 2.22. The molecule has 0 radical (unpaired) electrons. The Balaban J connectivity index is 2.18. The van der Waals surface area contributed by atoms with Crippen LogP contribution in [0.25, 0.3) is 0 Å². The highest BCUT2D eigenvalue weighted by molar-refractivity contribution is 5.37. The summed E-state index contributed by atoms with van der Waals surface area (Å²) in [6.07, 6.45) is 3.49. The van der Waals surface area contributed by atoms with Crippen LogP contribution in [0.15, 0.2) is 24.3 Å². The fourth-order valence-electron chi connectivity index (χ4n) is 1.96. The lowest BCUT2D eigenvalue weighted by Gasteiger charge is -2.22. The smallest absolute Gasteiger partial charge is 0.124 e. The van der Waals surface area contributed by atoms with E-state index in [4.69, 9.17) is 10.5 Å². The van der Waals surface area contributed by atoms with Crippen molar-refractivity contribution in [1.82, 2.24) is 0 Å². The van der Waals surface area contributed by atoms with Gasteiger partial charge in [0.1, 0.15) is 5.75 Å². The van der Waals surface area contributed by atoms with E-state index < -0.39 is 0 Å². The molecule has 0 bridgehead atoms. The van der Waals surface area contributed by atoms with Crippen LogP contribution >= 0.6 is 0 Å². The summed E-state index contributed by atoms with van der Waals surface area (Å²) in [5, 5.41) is 0. The normalized spacial score (nSPS) is 19.2. The zero-order chi connectivity index (χ0) is 11.6. The van der Waals surface area contributed by atoms with Gasteiger partial charge in [-0.1, -0.05) is 32.0 Å². The molecule has 16 heavy (non-hydrogen) atoms. The Bertz CT molecular complexity index is 358. The van der Waals surface area contributed by atoms with Gasteiger partial charge in [0.2, 0.25) is 0 Å². The van der Waals surface area contributed by atoms with Gasteiger partial charge >= 0.3 is 0 Å². The Hall–Kier alpha value is -1.02. The predicted octanol–water partition coefficient (Wildman–Crippen LogP) is 3.28. The van der Waals surface area contributed by atoms with E-state index in [0.717, 1.165) is 24.3 Å². The van der Waals surface area contributed by atoms with Crippen LogP contribution in [0.2, 0.25) is 0 Å². The van der Waals surface area contributed by atoms with Gasteiger partial charge in [0, 0.05) is 11.6 Å². The van der Waals surface area contributed by atoms with Crippen molar-refractivity contribution >= 4 is 0 Å². The van der Waals surface area contributed by atoms with E-state index in [1.54, 1.807) is 0 Å². The minimum atomic E-state index is 0.112. The average molecular weight is 219 g/mol. The summed E-state index contributed by atoms with van der Waals surface area (Å²) in [7, 11) is 0. The molecule has 0 amide bonds. The molecule has 88 valence electrons. The van der Waals surface area contributed by atoms with Gasteiger partial charge < -0.3 is 10.5 Å². The van der Waals surface area contributed by atoms with Crippen molar-refractivity contribution < 1.29 is 4.74 Å². The predicted molar refractivity (Wildman–Crippen MR) is 66.5 cm³/mol. The van der Waals surface area contributed by atoms with Crippen LogP contribution in [0.4, 0.5) is 0 Å². The Morgan fingerprint density at radius 1 is 1.38 bits per heavy atom. The van der Waals surface area contributed by atoms with Crippen LogP contribution in [-0.4, -0.2) is 6.61 Å². The molecule has 0 aliphatic heterocycles. The summed E-state index contributed by atoms with van der Waals surface area (Å²) in [5.41, 5.74) is 7.79. The molecule has 0 heterocycles. The van der Waals surface area contributed by atoms with Gasteiger partial charge in [0.25, 0.3) is 0 Å². The van der Waals surface area contributed by atoms with Gasteiger partial charge in [0.05, 0.1) is 6.61 Å². The fourth-order valence-corrected chi connectivity index (χ4v) is 1.96. The molecule has 2 nitrogen and oxygen atoms in total. The molecular weight excluding hydrogens is 198 g/mol. The van der Waals surface area contributed by atoms with Crippen LogP contribution in [0, 0.1) is 5.41 Å². The maximum Gasteiger partial charge on any atom is 0.124 e. The monoisotopic (exact) mass is 219 g/mol. The van der Waals surface area contributed by atoms with Gasteiger partial charge in [-0.25, -0.2) is 0 Å². The molecule has 1 aromatic carbocycles. The lowest BCUT2D eigenvalue weighted by atomic mass is 9.92. The molecule has 0 spiro atoms. The SMILES string of the molecule is CCCOc1ccccc1C(N)C1(C)CC1.